The van der Waals surface area contributed by atoms with Crippen LogP contribution in [0.3, 0.4) is 0 Å². The number of methoxy groups -OCH3 is 1. The molecule has 174 valence electrons. The van der Waals surface area contributed by atoms with E-state index in [0.717, 1.165) is 34.1 Å². The number of ketones is 1. The number of thioether (sulfide) groups is 1. The SMILES string of the molecule is COC(=O)c1ccc(-n2c(C)cc(C(=O)COC(=O)CSCc3c(C)noc3C)c2C)cc1. The molecule has 0 atom stereocenters. The van der Waals surface area contributed by atoms with Gasteiger partial charge in [-0.05, 0) is 58.0 Å². The lowest BCUT2D eigenvalue weighted by atomic mass is 10.1. The number of carbonyl (C=O) groups is 3. The number of esters is 2. The van der Waals surface area contributed by atoms with E-state index >= 15 is 0 Å². The Morgan fingerprint density at radius 2 is 1.79 bits per heavy atom. The molecule has 0 unspecified atom stereocenters. The van der Waals surface area contributed by atoms with Crippen LogP contribution in [0.2, 0.25) is 0 Å². The second kappa shape index (κ2) is 10.5. The summed E-state index contributed by atoms with van der Waals surface area (Å²) in [5.74, 6) is 0.309. The van der Waals surface area contributed by atoms with Crippen LogP contribution < -0.4 is 0 Å². The van der Waals surface area contributed by atoms with Gasteiger partial charge in [0.1, 0.15) is 5.76 Å². The molecule has 0 N–H and O–H groups in total. The molecular weight excluding hydrogens is 444 g/mol. The normalized spacial score (nSPS) is 10.8. The van der Waals surface area contributed by atoms with E-state index in [2.05, 4.69) is 5.16 Å². The first kappa shape index (κ1) is 24.3. The Bertz CT molecular complexity index is 1160. The number of benzene rings is 1. The molecule has 0 aliphatic rings. The van der Waals surface area contributed by atoms with Crippen molar-refractivity contribution in [3.63, 3.8) is 0 Å². The third-order valence-electron chi connectivity index (χ3n) is 5.29. The van der Waals surface area contributed by atoms with Crippen molar-refractivity contribution < 1.29 is 28.4 Å². The molecule has 0 radical (unpaired) electrons. The zero-order chi connectivity index (χ0) is 24.1. The van der Waals surface area contributed by atoms with Crippen LogP contribution in [-0.2, 0) is 20.0 Å². The highest BCUT2D eigenvalue weighted by Gasteiger charge is 2.19. The van der Waals surface area contributed by atoms with Crippen LogP contribution in [0.25, 0.3) is 5.69 Å². The molecule has 0 bridgehead atoms. The Labute approximate surface area is 196 Å². The summed E-state index contributed by atoms with van der Waals surface area (Å²) in [6.45, 7) is 7.07. The molecule has 0 fully saturated rings. The fourth-order valence-corrected chi connectivity index (χ4v) is 4.49. The van der Waals surface area contributed by atoms with Crippen molar-refractivity contribution in [1.29, 1.82) is 0 Å². The van der Waals surface area contributed by atoms with Crippen LogP contribution in [0, 0.1) is 27.7 Å². The molecule has 0 amide bonds. The molecule has 8 nitrogen and oxygen atoms in total. The topological polar surface area (TPSA) is 101 Å². The van der Waals surface area contributed by atoms with E-state index in [1.165, 1.54) is 18.9 Å². The van der Waals surface area contributed by atoms with Gasteiger partial charge in [0, 0.05) is 34.0 Å². The van der Waals surface area contributed by atoms with Gasteiger partial charge < -0.3 is 18.6 Å². The number of hydrogen-bond acceptors (Lipinski definition) is 8. The minimum atomic E-state index is -0.452. The molecule has 0 aliphatic heterocycles. The summed E-state index contributed by atoms with van der Waals surface area (Å²) in [7, 11) is 1.33. The molecule has 3 aromatic rings. The van der Waals surface area contributed by atoms with E-state index in [9.17, 15) is 14.4 Å². The second-order valence-corrected chi connectivity index (χ2v) is 8.52. The van der Waals surface area contributed by atoms with Crippen molar-refractivity contribution in [3.8, 4) is 5.69 Å². The largest absolute Gasteiger partial charge is 0.465 e. The smallest absolute Gasteiger partial charge is 0.337 e. The first-order valence-electron chi connectivity index (χ1n) is 10.3. The number of aryl methyl sites for hydroxylation is 3. The summed E-state index contributed by atoms with van der Waals surface area (Å²) in [6.07, 6.45) is 0. The highest BCUT2D eigenvalue weighted by Crippen LogP contribution is 2.23. The highest BCUT2D eigenvalue weighted by molar-refractivity contribution is 7.99. The summed E-state index contributed by atoms with van der Waals surface area (Å²) < 4.78 is 16.9. The van der Waals surface area contributed by atoms with E-state index < -0.39 is 11.9 Å². The maximum absolute atomic E-state index is 12.7. The van der Waals surface area contributed by atoms with Crippen molar-refractivity contribution in [2.24, 2.45) is 0 Å². The number of Topliss-reactive ketones (excluding diaryl/α,β-unsaturated/α-hetero) is 1. The molecular formula is C24H26N2O6S. The standard InChI is InChI=1S/C24H26N2O6S/c1-14-10-20(16(3)26(14)19-8-6-18(7-9-19)24(29)30-5)22(27)11-31-23(28)13-33-12-21-15(2)25-32-17(21)4/h6-10H,11-13H2,1-5H3. The Balaban J connectivity index is 1.59. The molecule has 0 aliphatic carbocycles. The van der Waals surface area contributed by atoms with E-state index in [-0.39, 0.29) is 18.1 Å². The molecule has 33 heavy (non-hydrogen) atoms. The van der Waals surface area contributed by atoms with Crippen LogP contribution in [0.15, 0.2) is 34.9 Å². The number of hydrogen-bond donors (Lipinski definition) is 0. The molecule has 3 rings (SSSR count). The molecule has 9 heteroatoms. The lowest BCUT2D eigenvalue weighted by Crippen LogP contribution is -2.16. The Morgan fingerprint density at radius 1 is 1.09 bits per heavy atom. The monoisotopic (exact) mass is 470 g/mol. The van der Waals surface area contributed by atoms with Crippen LogP contribution in [0.5, 0.6) is 0 Å². The molecule has 0 saturated carbocycles. The Kier molecular flexibility index (Phi) is 7.75. The number of aromatic nitrogens is 2. The second-order valence-electron chi connectivity index (χ2n) is 7.54. The summed E-state index contributed by atoms with van der Waals surface area (Å²) >= 11 is 1.38. The van der Waals surface area contributed by atoms with E-state index in [4.69, 9.17) is 14.0 Å². The predicted octanol–water partition coefficient (Wildman–Crippen LogP) is 4.14. The molecule has 1 aromatic carbocycles. The summed E-state index contributed by atoms with van der Waals surface area (Å²) in [5.41, 5.74) is 5.09. The van der Waals surface area contributed by atoms with Crippen LogP contribution in [0.4, 0.5) is 0 Å². The van der Waals surface area contributed by atoms with Crippen molar-refractivity contribution in [3.05, 3.63) is 69.9 Å². The van der Waals surface area contributed by atoms with Crippen molar-refractivity contribution in [1.82, 2.24) is 9.72 Å². The first-order valence-corrected chi connectivity index (χ1v) is 11.4. The summed E-state index contributed by atoms with van der Waals surface area (Å²) in [5, 5.41) is 3.89. The van der Waals surface area contributed by atoms with Crippen molar-refractivity contribution in [2.75, 3.05) is 19.5 Å². The van der Waals surface area contributed by atoms with Gasteiger partial charge in [-0.2, -0.15) is 0 Å². The Hall–Kier alpha value is -3.33. The molecule has 2 aromatic heterocycles. The summed E-state index contributed by atoms with van der Waals surface area (Å²) in [6, 6.07) is 8.69. The van der Waals surface area contributed by atoms with Gasteiger partial charge in [0.25, 0.3) is 0 Å². The van der Waals surface area contributed by atoms with Gasteiger partial charge in [-0.25, -0.2) is 4.79 Å². The third kappa shape index (κ3) is 5.54. The minimum absolute atomic E-state index is 0.128. The fraction of sp³-hybridized carbons (Fsp3) is 0.333. The van der Waals surface area contributed by atoms with Gasteiger partial charge in [0.05, 0.1) is 24.1 Å². The van der Waals surface area contributed by atoms with Gasteiger partial charge in [-0.1, -0.05) is 5.16 Å². The molecule has 0 saturated heterocycles. The Morgan fingerprint density at radius 3 is 2.39 bits per heavy atom. The van der Waals surface area contributed by atoms with E-state index in [0.29, 0.717) is 16.9 Å². The predicted molar refractivity (Wildman–Crippen MR) is 124 cm³/mol. The minimum Gasteiger partial charge on any atom is -0.465 e. The maximum Gasteiger partial charge on any atom is 0.337 e. The number of ether oxygens (including phenoxy) is 2. The van der Waals surface area contributed by atoms with Gasteiger partial charge in [0.15, 0.2) is 6.61 Å². The van der Waals surface area contributed by atoms with Crippen LogP contribution in [0.1, 0.15) is 49.1 Å². The van der Waals surface area contributed by atoms with Crippen molar-refractivity contribution in [2.45, 2.75) is 33.4 Å². The quantitative estimate of drug-likeness (QED) is 0.340. The molecule has 0 spiro atoms. The first-order chi connectivity index (χ1) is 15.7. The third-order valence-corrected chi connectivity index (χ3v) is 6.22. The van der Waals surface area contributed by atoms with E-state index in [1.54, 1.807) is 30.3 Å². The number of rotatable bonds is 9. The van der Waals surface area contributed by atoms with Crippen LogP contribution in [-0.4, -0.2) is 46.9 Å². The molecule has 2 heterocycles. The van der Waals surface area contributed by atoms with Crippen molar-refractivity contribution >= 4 is 29.5 Å². The summed E-state index contributed by atoms with van der Waals surface area (Å²) in [4.78, 5) is 36.5. The lowest BCUT2D eigenvalue weighted by molar-refractivity contribution is -0.139. The number of carbonyl (C=O) groups excluding carboxylic acids is 3. The zero-order valence-corrected chi connectivity index (χ0v) is 20.1. The highest BCUT2D eigenvalue weighted by atomic mass is 32.2. The average molecular weight is 471 g/mol. The van der Waals surface area contributed by atoms with Gasteiger partial charge >= 0.3 is 11.9 Å². The zero-order valence-electron chi connectivity index (χ0n) is 19.3. The number of nitrogens with zero attached hydrogens (tertiary/aromatic N) is 2. The lowest BCUT2D eigenvalue weighted by Gasteiger charge is -2.10. The van der Waals surface area contributed by atoms with E-state index in [1.807, 2.05) is 32.3 Å². The van der Waals surface area contributed by atoms with Crippen LogP contribution >= 0.6 is 11.8 Å². The fourth-order valence-electron chi connectivity index (χ4n) is 3.52. The maximum atomic E-state index is 12.7. The van der Waals surface area contributed by atoms with Gasteiger partial charge in [0.2, 0.25) is 5.78 Å². The van der Waals surface area contributed by atoms with Gasteiger partial charge in [-0.3, -0.25) is 9.59 Å². The average Bonchev–Trinajstić information content (AvgIpc) is 3.29. The van der Waals surface area contributed by atoms with Gasteiger partial charge in [-0.15, -0.1) is 11.8 Å².